The molecule has 18 heavy (non-hydrogen) atoms. The highest BCUT2D eigenvalue weighted by Gasteiger charge is 1.99. The minimum Gasteiger partial charge on any atom is -0.394 e. The molecule has 0 unspecified atom stereocenters. The van der Waals surface area contributed by atoms with Gasteiger partial charge in [0.05, 0.1) is 13.2 Å². The summed E-state index contributed by atoms with van der Waals surface area (Å²) in [6.45, 7) is 4.27. The third-order valence-corrected chi connectivity index (χ3v) is 2.82. The van der Waals surface area contributed by atoms with Gasteiger partial charge in [-0.05, 0) is 36.8 Å². The summed E-state index contributed by atoms with van der Waals surface area (Å²) >= 11 is 0. The highest BCUT2D eigenvalue weighted by molar-refractivity contribution is 5.27. The topological polar surface area (TPSA) is 40.5 Å². The number of aliphatic hydroxyl groups is 2. The SMILES string of the molecule is CCCCc1ccccc1CCCC.OCCO. The third kappa shape index (κ3) is 8.26. The molecule has 0 aliphatic rings. The Morgan fingerprint density at radius 1 is 0.778 bits per heavy atom. The zero-order chi connectivity index (χ0) is 13.6. The van der Waals surface area contributed by atoms with Gasteiger partial charge in [-0.15, -0.1) is 0 Å². The monoisotopic (exact) mass is 252 g/mol. The Morgan fingerprint density at radius 2 is 1.17 bits per heavy atom. The fraction of sp³-hybridized carbons (Fsp3) is 0.625. The first-order valence-corrected chi connectivity index (χ1v) is 7.08. The number of aliphatic hydroxyl groups excluding tert-OH is 2. The number of hydrogen-bond donors (Lipinski definition) is 2. The molecule has 0 spiro atoms. The van der Waals surface area contributed by atoms with Gasteiger partial charge in [0.1, 0.15) is 0 Å². The molecule has 0 bridgehead atoms. The molecule has 0 heterocycles. The van der Waals surface area contributed by atoms with Gasteiger partial charge < -0.3 is 10.2 Å². The van der Waals surface area contributed by atoms with Crippen LogP contribution in [0.4, 0.5) is 0 Å². The quantitative estimate of drug-likeness (QED) is 0.781. The fourth-order valence-corrected chi connectivity index (χ4v) is 1.78. The first-order valence-electron chi connectivity index (χ1n) is 7.08. The molecule has 0 aliphatic heterocycles. The maximum atomic E-state index is 7.62. The Balaban J connectivity index is 0.000000631. The molecule has 0 amide bonds. The lowest BCUT2D eigenvalue weighted by atomic mass is 9.98. The van der Waals surface area contributed by atoms with E-state index in [0.717, 1.165) is 0 Å². The minimum atomic E-state index is -0.125. The fourth-order valence-electron chi connectivity index (χ4n) is 1.78. The van der Waals surface area contributed by atoms with Crippen LogP contribution >= 0.6 is 0 Å². The molecule has 2 heteroatoms. The Morgan fingerprint density at radius 3 is 1.44 bits per heavy atom. The van der Waals surface area contributed by atoms with E-state index in [4.69, 9.17) is 10.2 Å². The van der Waals surface area contributed by atoms with Crippen LogP contribution in [0, 0.1) is 0 Å². The minimum absolute atomic E-state index is 0.125. The molecule has 1 rings (SSSR count). The van der Waals surface area contributed by atoms with Crippen molar-refractivity contribution in [2.24, 2.45) is 0 Å². The summed E-state index contributed by atoms with van der Waals surface area (Å²) in [4.78, 5) is 0. The summed E-state index contributed by atoms with van der Waals surface area (Å²) in [5.74, 6) is 0. The van der Waals surface area contributed by atoms with Crippen LogP contribution in [-0.4, -0.2) is 23.4 Å². The van der Waals surface area contributed by atoms with Crippen LogP contribution in [0.25, 0.3) is 0 Å². The maximum Gasteiger partial charge on any atom is 0.0662 e. The van der Waals surface area contributed by atoms with Crippen LogP contribution in [0.15, 0.2) is 24.3 Å². The van der Waals surface area contributed by atoms with Crippen LogP contribution in [-0.2, 0) is 12.8 Å². The summed E-state index contributed by atoms with van der Waals surface area (Å²) < 4.78 is 0. The van der Waals surface area contributed by atoms with E-state index in [1.54, 1.807) is 11.1 Å². The lowest BCUT2D eigenvalue weighted by Gasteiger charge is -2.07. The third-order valence-electron chi connectivity index (χ3n) is 2.82. The van der Waals surface area contributed by atoms with Crippen molar-refractivity contribution in [1.82, 2.24) is 0 Å². The van der Waals surface area contributed by atoms with Crippen molar-refractivity contribution in [2.75, 3.05) is 13.2 Å². The van der Waals surface area contributed by atoms with Gasteiger partial charge in [-0.3, -0.25) is 0 Å². The summed E-state index contributed by atoms with van der Waals surface area (Å²) in [7, 11) is 0. The molecular weight excluding hydrogens is 224 g/mol. The van der Waals surface area contributed by atoms with Crippen molar-refractivity contribution in [2.45, 2.75) is 52.4 Å². The van der Waals surface area contributed by atoms with Crippen molar-refractivity contribution in [3.05, 3.63) is 35.4 Å². The van der Waals surface area contributed by atoms with Gasteiger partial charge in [0.15, 0.2) is 0 Å². The Labute approximate surface area is 112 Å². The average Bonchev–Trinajstić information content (AvgIpc) is 2.44. The van der Waals surface area contributed by atoms with Gasteiger partial charge in [0.25, 0.3) is 0 Å². The molecule has 0 atom stereocenters. The average molecular weight is 252 g/mol. The smallest absolute Gasteiger partial charge is 0.0662 e. The van der Waals surface area contributed by atoms with E-state index in [1.807, 2.05) is 0 Å². The maximum absolute atomic E-state index is 7.62. The lowest BCUT2D eigenvalue weighted by Crippen LogP contribution is -1.94. The number of unbranched alkanes of at least 4 members (excludes halogenated alkanes) is 2. The van der Waals surface area contributed by atoms with Crippen LogP contribution in [0.3, 0.4) is 0 Å². The van der Waals surface area contributed by atoms with Crippen LogP contribution in [0.5, 0.6) is 0 Å². The normalized spacial score (nSPS) is 9.78. The number of rotatable bonds is 7. The molecule has 0 aromatic heterocycles. The largest absolute Gasteiger partial charge is 0.394 e. The van der Waals surface area contributed by atoms with Crippen molar-refractivity contribution >= 4 is 0 Å². The highest BCUT2D eigenvalue weighted by atomic mass is 16.3. The van der Waals surface area contributed by atoms with E-state index in [1.165, 1.54) is 38.5 Å². The first kappa shape index (κ1) is 17.1. The second-order valence-electron chi connectivity index (χ2n) is 4.42. The highest BCUT2D eigenvalue weighted by Crippen LogP contribution is 2.14. The first-order chi connectivity index (χ1) is 8.79. The lowest BCUT2D eigenvalue weighted by molar-refractivity contribution is 0.186. The predicted molar refractivity (Wildman–Crippen MR) is 77.8 cm³/mol. The van der Waals surface area contributed by atoms with Gasteiger partial charge in [-0.25, -0.2) is 0 Å². The Hall–Kier alpha value is -0.860. The summed E-state index contributed by atoms with van der Waals surface area (Å²) in [6.07, 6.45) is 7.75. The second kappa shape index (κ2) is 12.6. The molecule has 2 nitrogen and oxygen atoms in total. The molecule has 0 saturated heterocycles. The number of aryl methyl sites for hydroxylation is 2. The van der Waals surface area contributed by atoms with Crippen molar-refractivity contribution in [3.63, 3.8) is 0 Å². The van der Waals surface area contributed by atoms with Crippen molar-refractivity contribution in [1.29, 1.82) is 0 Å². The van der Waals surface area contributed by atoms with E-state index in [2.05, 4.69) is 38.1 Å². The van der Waals surface area contributed by atoms with Gasteiger partial charge >= 0.3 is 0 Å². The molecule has 0 aliphatic carbocycles. The molecule has 0 saturated carbocycles. The Bertz CT molecular complexity index is 255. The second-order valence-corrected chi connectivity index (χ2v) is 4.42. The van der Waals surface area contributed by atoms with E-state index < -0.39 is 0 Å². The van der Waals surface area contributed by atoms with Crippen LogP contribution in [0.1, 0.15) is 50.7 Å². The van der Waals surface area contributed by atoms with Gasteiger partial charge in [0, 0.05) is 0 Å². The van der Waals surface area contributed by atoms with Gasteiger partial charge in [-0.1, -0.05) is 51.0 Å². The molecule has 1 aromatic carbocycles. The molecule has 1 aromatic rings. The van der Waals surface area contributed by atoms with E-state index in [9.17, 15) is 0 Å². The number of benzene rings is 1. The van der Waals surface area contributed by atoms with Gasteiger partial charge in [0.2, 0.25) is 0 Å². The molecule has 0 radical (unpaired) electrons. The van der Waals surface area contributed by atoms with Gasteiger partial charge in [-0.2, -0.15) is 0 Å². The summed E-state index contributed by atoms with van der Waals surface area (Å²) in [6, 6.07) is 8.92. The molecule has 2 N–H and O–H groups in total. The van der Waals surface area contributed by atoms with E-state index in [-0.39, 0.29) is 13.2 Å². The molecule has 0 fully saturated rings. The summed E-state index contributed by atoms with van der Waals surface area (Å²) in [5.41, 5.74) is 3.14. The van der Waals surface area contributed by atoms with Crippen molar-refractivity contribution in [3.8, 4) is 0 Å². The van der Waals surface area contributed by atoms with E-state index in [0.29, 0.717) is 0 Å². The Kier molecular flexibility index (Phi) is 12.0. The van der Waals surface area contributed by atoms with Crippen LogP contribution in [0.2, 0.25) is 0 Å². The van der Waals surface area contributed by atoms with Crippen molar-refractivity contribution < 1.29 is 10.2 Å². The van der Waals surface area contributed by atoms with Crippen LogP contribution < -0.4 is 0 Å². The standard InChI is InChI=1S/C14H22.C2H6O2/c1-3-5-9-13-11-7-8-12-14(13)10-6-4-2;3-1-2-4/h7-8,11-12H,3-6,9-10H2,1-2H3;3-4H,1-2H2. The summed E-state index contributed by atoms with van der Waals surface area (Å²) in [5, 5.41) is 15.2. The zero-order valence-corrected chi connectivity index (χ0v) is 11.9. The molecular formula is C16H28O2. The number of hydrogen-bond acceptors (Lipinski definition) is 2. The molecule has 104 valence electrons. The zero-order valence-electron chi connectivity index (χ0n) is 11.9. The van der Waals surface area contributed by atoms with E-state index >= 15 is 0 Å². The predicted octanol–water partition coefficient (Wildman–Crippen LogP) is 3.34.